The second-order valence-corrected chi connectivity index (χ2v) is 7.48. The Morgan fingerprint density at radius 3 is 2.73 bits per heavy atom. The third-order valence-corrected chi connectivity index (χ3v) is 5.69. The van der Waals surface area contributed by atoms with E-state index >= 15 is 0 Å². The molecule has 1 fully saturated rings. The number of amides is 1. The van der Waals surface area contributed by atoms with Crippen LogP contribution in [0.3, 0.4) is 0 Å². The first-order chi connectivity index (χ1) is 12.8. The lowest BCUT2D eigenvalue weighted by Crippen LogP contribution is -2.14. The average molecular weight is 365 g/mol. The van der Waals surface area contributed by atoms with Gasteiger partial charge in [0.25, 0.3) is 5.91 Å². The SMILES string of the molecule is O=C(Nc1ccc(-n2cccn2)nc1)c1cccnc1SC1CCCC1. The van der Waals surface area contributed by atoms with Crippen LogP contribution in [0, 0.1) is 0 Å². The van der Waals surface area contributed by atoms with Crippen LogP contribution in [0.2, 0.25) is 0 Å². The second kappa shape index (κ2) is 7.70. The van der Waals surface area contributed by atoms with E-state index in [2.05, 4.69) is 20.4 Å². The van der Waals surface area contributed by atoms with Crippen molar-refractivity contribution in [3.63, 3.8) is 0 Å². The molecule has 7 heteroatoms. The number of hydrogen-bond acceptors (Lipinski definition) is 5. The van der Waals surface area contributed by atoms with Crippen LogP contribution in [-0.4, -0.2) is 30.9 Å². The fraction of sp³-hybridized carbons (Fsp3) is 0.263. The number of aromatic nitrogens is 4. The molecule has 1 saturated carbocycles. The summed E-state index contributed by atoms with van der Waals surface area (Å²) in [6.45, 7) is 0. The summed E-state index contributed by atoms with van der Waals surface area (Å²) in [6.07, 6.45) is 11.8. The molecule has 0 saturated heterocycles. The predicted molar refractivity (Wildman–Crippen MR) is 102 cm³/mol. The topological polar surface area (TPSA) is 72.7 Å². The number of nitrogens with zero attached hydrogens (tertiary/aromatic N) is 4. The Kier molecular flexibility index (Phi) is 4.97. The molecule has 4 rings (SSSR count). The molecule has 26 heavy (non-hydrogen) atoms. The molecule has 6 nitrogen and oxygen atoms in total. The summed E-state index contributed by atoms with van der Waals surface area (Å²) in [7, 11) is 0. The molecule has 0 aliphatic heterocycles. The zero-order valence-corrected chi connectivity index (χ0v) is 15.0. The Labute approximate surface area is 156 Å². The van der Waals surface area contributed by atoms with Crippen molar-refractivity contribution in [2.24, 2.45) is 0 Å². The minimum absolute atomic E-state index is 0.160. The molecule has 1 aliphatic carbocycles. The summed E-state index contributed by atoms with van der Waals surface area (Å²) in [5.41, 5.74) is 1.26. The maximum atomic E-state index is 12.7. The third kappa shape index (κ3) is 3.77. The van der Waals surface area contributed by atoms with Gasteiger partial charge < -0.3 is 5.32 Å². The number of thioether (sulfide) groups is 1. The maximum Gasteiger partial charge on any atom is 0.258 e. The summed E-state index contributed by atoms with van der Waals surface area (Å²) >= 11 is 1.72. The van der Waals surface area contributed by atoms with Gasteiger partial charge in [-0.2, -0.15) is 5.10 Å². The molecule has 1 N–H and O–H groups in total. The summed E-state index contributed by atoms with van der Waals surface area (Å²) in [5.74, 6) is 0.541. The number of carbonyl (C=O) groups excluding carboxylic acids is 1. The van der Waals surface area contributed by atoms with E-state index in [1.54, 1.807) is 41.1 Å². The van der Waals surface area contributed by atoms with Gasteiger partial charge >= 0.3 is 0 Å². The van der Waals surface area contributed by atoms with Gasteiger partial charge in [-0.15, -0.1) is 11.8 Å². The zero-order valence-electron chi connectivity index (χ0n) is 14.2. The van der Waals surface area contributed by atoms with Crippen molar-refractivity contribution in [2.75, 3.05) is 5.32 Å². The molecule has 0 spiro atoms. The van der Waals surface area contributed by atoms with Crippen LogP contribution in [0.15, 0.2) is 60.1 Å². The summed E-state index contributed by atoms with van der Waals surface area (Å²) in [5, 5.41) is 8.42. The highest BCUT2D eigenvalue weighted by Gasteiger charge is 2.20. The van der Waals surface area contributed by atoms with E-state index < -0.39 is 0 Å². The van der Waals surface area contributed by atoms with Gasteiger partial charge in [0.15, 0.2) is 5.82 Å². The van der Waals surface area contributed by atoms with E-state index in [1.807, 2.05) is 30.5 Å². The third-order valence-electron chi connectivity index (χ3n) is 4.34. The summed E-state index contributed by atoms with van der Waals surface area (Å²) < 4.78 is 1.67. The van der Waals surface area contributed by atoms with Crippen LogP contribution >= 0.6 is 11.8 Å². The van der Waals surface area contributed by atoms with E-state index in [9.17, 15) is 4.79 Å². The summed E-state index contributed by atoms with van der Waals surface area (Å²) in [6, 6.07) is 9.10. The van der Waals surface area contributed by atoms with Gasteiger partial charge in [-0.3, -0.25) is 4.79 Å². The Morgan fingerprint density at radius 1 is 1.12 bits per heavy atom. The second-order valence-electron chi connectivity index (χ2n) is 6.19. The number of hydrogen-bond donors (Lipinski definition) is 1. The monoisotopic (exact) mass is 365 g/mol. The fourth-order valence-electron chi connectivity index (χ4n) is 3.02. The number of anilines is 1. The zero-order chi connectivity index (χ0) is 17.8. The Balaban J connectivity index is 1.48. The molecular formula is C19H19N5OS. The highest BCUT2D eigenvalue weighted by Crippen LogP contribution is 2.35. The molecule has 132 valence electrons. The van der Waals surface area contributed by atoms with Crippen LogP contribution in [0.4, 0.5) is 5.69 Å². The van der Waals surface area contributed by atoms with Gasteiger partial charge in [-0.25, -0.2) is 14.6 Å². The lowest BCUT2D eigenvalue weighted by Gasteiger charge is -2.12. The average Bonchev–Trinajstić information content (AvgIpc) is 3.37. The van der Waals surface area contributed by atoms with Crippen molar-refractivity contribution in [1.29, 1.82) is 0 Å². The molecule has 1 aliphatic rings. The van der Waals surface area contributed by atoms with Crippen molar-refractivity contribution in [3.8, 4) is 5.82 Å². The van der Waals surface area contributed by atoms with Crippen LogP contribution in [0.25, 0.3) is 5.82 Å². The number of rotatable bonds is 5. The quantitative estimate of drug-likeness (QED) is 0.741. The van der Waals surface area contributed by atoms with Gasteiger partial charge in [0.1, 0.15) is 5.03 Å². The first-order valence-corrected chi connectivity index (χ1v) is 9.57. The molecule has 3 aromatic heterocycles. The number of carbonyl (C=O) groups is 1. The smallest absolute Gasteiger partial charge is 0.258 e. The van der Waals surface area contributed by atoms with Crippen LogP contribution in [0.5, 0.6) is 0 Å². The van der Waals surface area contributed by atoms with Gasteiger partial charge in [-0.05, 0) is 43.2 Å². The van der Waals surface area contributed by atoms with Crippen molar-refractivity contribution in [1.82, 2.24) is 19.7 Å². The first-order valence-electron chi connectivity index (χ1n) is 8.69. The highest BCUT2D eigenvalue weighted by atomic mass is 32.2. The van der Waals surface area contributed by atoms with Crippen LogP contribution in [0.1, 0.15) is 36.0 Å². The number of pyridine rings is 2. The van der Waals surface area contributed by atoms with Gasteiger partial charge in [0, 0.05) is 23.8 Å². The van der Waals surface area contributed by atoms with Crippen LogP contribution < -0.4 is 5.32 Å². The first kappa shape index (κ1) is 16.8. The molecule has 0 unspecified atom stereocenters. The van der Waals surface area contributed by atoms with Crippen molar-refractivity contribution in [3.05, 3.63) is 60.7 Å². The summed E-state index contributed by atoms with van der Waals surface area (Å²) in [4.78, 5) is 21.5. The van der Waals surface area contributed by atoms with Gasteiger partial charge in [0.05, 0.1) is 17.4 Å². The van der Waals surface area contributed by atoms with E-state index in [-0.39, 0.29) is 5.91 Å². The number of nitrogens with one attached hydrogen (secondary N) is 1. The van der Waals surface area contributed by atoms with Gasteiger partial charge in [-0.1, -0.05) is 12.8 Å². The molecule has 0 aromatic carbocycles. The maximum absolute atomic E-state index is 12.7. The van der Waals surface area contributed by atoms with Crippen molar-refractivity contribution < 1.29 is 4.79 Å². The molecule has 0 bridgehead atoms. The lowest BCUT2D eigenvalue weighted by atomic mass is 10.2. The Hall–Kier alpha value is -2.67. The van der Waals surface area contributed by atoms with E-state index in [1.165, 1.54) is 25.7 Å². The van der Waals surface area contributed by atoms with E-state index in [0.717, 1.165) is 5.03 Å². The van der Waals surface area contributed by atoms with E-state index in [4.69, 9.17) is 0 Å². The molecule has 0 atom stereocenters. The van der Waals surface area contributed by atoms with Crippen molar-refractivity contribution >= 4 is 23.4 Å². The highest BCUT2D eigenvalue weighted by molar-refractivity contribution is 7.99. The largest absolute Gasteiger partial charge is 0.321 e. The minimum atomic E-state index is -0.160. The normalized spacial score (nSPS) is 14.5. The standard InChI is InChI=1S/C19H19N5OS/c25-18(16-7-3-10-20-19(16)26-15-5-1-2-6-15)23-14-8-9-17(21-13-14)24-12-4-11-22-24/h3-4,7-13,15H,1-2,5-6H2,(H,23,25). The molecule has 1 amide bonds. The van der Waals surface area contributed by atoms with Crippen LogP contribution in [-0.2, 0) is 0 Å². The Bertz CT molecular complexity index is 873. The molecule has 0 radical (unpaired) electrons. The fourth-order valence-corrected chi connectivity index (χ4v) is 4.31. The molecule has 3 heterocycles. The molecular weight excluding hydrogens is 346 g/mol. The van der Waals surface area contributed by atoms with Gasteiger partial charge in [0.2, 0.25) is 0 Å². The van der Waals surface area contributed by atoms with Crippen molar-refractivity contribution in [2.45, 2.75) is 36.0 Å². The Morgan fingerprint density at radius 2 is 2.00 bits per heavy atom. The van der Waals surface area contributed by atoms with E-state index in [0.29, 0.717) is 22.3 Å². The molecule has 3 aromatic rings. The lowest BCUT2D eigenvalue weighted by molar-refractivity contribution is 0.102. The minimum Gasteiger partial charge on any atom is -0.321 e. The predicted octanol–water partition coefficient (Wildman–Crippen LogP) is 3.95.